The molecule has 0 atom stereocenters. The number of hydrogen-bond donors (Lipinski definition) is 0. The SMILES string of the molecule is CC1(C)[C-]=Cc2cc3c(cc21)Cc1cc2c(cc1-3)C=CC2(C)C.Clc1ccc([C](=[Zr+2])c2ccc(Cl)cc2)cc1.[Cl-].[Cl-].c1cc[cH-]c1. The van der Waals surface area contributed by atoms with Gasteiger partial charge in [-0.15, -0.1) is 11.6 Å². The van der Waals surface area contributed by atoms with Crippen LogP contribution in [-0.4, -0.2) is 3.21 Å². The molecule has 0 saturated carbocycles. The summed E-state index contributed by atoms with van der Waals surface area (Å²) in [6.45, 7) is 9.13. The smallest absolute Gasteiger partial charge is 0.172 e. The van der Waals surface area contributed by atoms with Gasteiger partial charge in [0.05, 0.1) is 0 Å². The molecule has 0 aromatic heterocycles. The number of fused-ring (bicyclic) bond motifs is 5. The largest absolute Gasteiger partial charge is 1.00 e. The first-order valence-corrected chi connectivity index (χ1v) is 16.9. The van der Waals surface area contributed by atoms with E-state index in [1.165, 1.54) is 83.1 Å². The maximum Gasteiger partial charge on any atom is -0.172 e. The summed E-state index contributed by atoms with van der Waals surface area (Å²) in [6, 6.07) is 35.5. The summed E-state index contributed by atoms with van der Waals surface area (Å²) >= 11 is 13.1. The van der Waals surface area contributed by atoms with Crippen molar-refractivity contribution in [2.45, 2.75) is 44.9 Å². The van der Waals surface area contributed by atoms with E-state index in [1.54, 1.807) is 0 Å². The van der Waals surface area contributed by atoms with Gasteiger partial charge in [0, 0.05) is 5.41 Å². The molecule has 46 heavy (non-hydrogen) atoms. The van der Waals surface area contributed by atoms with Crippen LogP contribution in [0.2, 0.25) is 10.0 Å². The third kappa shape index (κ3) is 7.67. The first-order valence-electron chi connectivity index (χ1n) is 14.9. The molecule has 0 heterocycles. The van der Waals surface area contributed by atoms with E-state index in [9.17, 15) is 0 Å². The Kier molecular flexibility index (Phi) is 11.7. The van der Waals surface area contributed by atoms with Crippen LogP contribution in [0.25, 0.3) is 23.3 Å². The fraction of sp³-hybridized carbons (Fsp3) is 0.171. The van der Waals surface area contributed by atoms with Crippen LogP contribution >= 0.6 is 23.2 Å². The number of benzene rings is 4. The van der Waals surface area contributed by atoms with Gasteiger partial charge in [-0.1, -0.05) is 57.4 Å². The molecule has 0 spiro atoms. The van der Waals surface area contributed by atoms with Crippen LogP contribution in [0.5, 0.6) is 0 Å². The summed E-state index contributed by atoms with van der Waals surface area (Å²) in [4.78, 5) is 0. The Bertz CT molecular complexity index is 1750. The molecule has 3 aliphatic carbocycles. The van der Waals surface area contributed by atoms with Crippen molar-refractivity contribution in [2.75, 3.05) is 0 Å². The topological polar surface area (TPSA) is 0 Å². The standard InChI is InChI=1S/C23H21.C13H8Cl2.C5H5.2ClH.Zr/c1-22(2)7-5-14-10-18-16(12-20(14)22)9-17-13-21-15(11-19(17)18)6-8-23(21,3)4;14-12-5-1-10(2-6-12)9-11-3-7-13(15)8-4-11;1-2-4-5-3-1;;;/h5-7,10-13H,9H2,1-4H3;1-8H;1-5H;2*1H;/q-1;;-1;;;+2/p-2. The minimum absolute atomic E-state index is 0. The van der Waals surface area contributed by atoms with Gasteiger partial charge in [-0.3, -0.25) is 6.08 Å². The molecular formula is C41H34Cl4Zr-2. The quantitative estimate of drug-likeness (QED) is 0.214. The van der Waals surface area contributed by atoms with E-state index in [-0.39, 0.29) is 35.6 Å². The van der Waals surface area contributed by atoms with Crippen molar-refractivity contribution in [1.82, 2.24) is 0 Å². The number of hydrogen-bond acceptors (Lipinski definition) is 0. The zero-order chi connectivity index (χ0) is 31.1. The molecule has 0 N–H and O–H groups in total. The van der Waals surface area contributed by atoms with Crippen LogP contribution in [0.1, 0.15) is 72.2 Å². The summed E-state index contributed by atoms with van der Waals surface area (Å²) in [5, 5.41) is 1.53. The van der Waals surface area contributed by atoms with Crippen LogP contribution in [0.15, 0.2) is 109 Å². The molecule has 0 fully saturated rings. The van der Waals surface area contributed by atoms with Crippen molar-refractivity contribution in [3.8, 4) is 11.1 Å². The second-order valence-corrected chi connectivity index (χ2v) is 14.8. The van der Waals surface area contributed by atoms with E-state index in [4.69, 9.17) is 23.2 Å². The van der Waals surface area contributed by atoms with Gasteiger partial charge in [0.25, 0.3) is 0 Å². The maximum absolute atomic E-state index is 5.86. The fourth-order valence-corrected chi connectivity index (χ4v) is 7.19. The molecule has 232 valence electrons. The van der Waals surface area contributed by atoms with E-state index >= 15 is 0 Å². The van der Waals surface area contributed by atoms with Crippen molar-refractivity contribution >= 4 is 38.6 Å². The molecule has 8 rings (SSSR count). The van der Waals surface area contributed by atoms with Crippen molar-refractivity contribution in [2.24, 2.45) is 0 Å². The zero-order valence-corrected chi connectivity index (χ0v) is 31.7. The molecular weight excluding hydrogens is 725 g/mol. The second kappa shape index (κ2) is 14.8. The van der Waals surface area contributed by atoms with Crippen molar-refractivity contribution < 1.29 is 49.0 Å². The molecule has 3 aliphatic rings. The van der Waals surface area contributed by atoms with Crippen LogP contribution in [0.4, 0.5) is 0 Å². The Labute approximate surface area is 311 Å². The van der Waals surface area contributed by atoms with E-state index in [1.807, 2.05) is 78.9 Å². The Morgan fingerprint density at radius 3 is 1.72 bits per heavy atom. The van der Waals surface area contributed by atoms with Gasteiger partial charge in [0.2, 0.25) is 0 Å². The fourth-order valence-electron chi connectivity index (χ4n) is 6.12. The van der Waals surface area contributed by atoms with Gasteiger partial charge in [0.1, 0.15) is 0 Å². The number of halogens is 4. The molecule has 5 heteroatoms. The van der Waals surface area contributed by atoms with Gasteiger partial charge in [-0.2, -0.15) is 23.8 Å². The van der Waals surface area contributed by atoms with Gasteiger partial charge >= 0.3 is 120 Å². The maximum atomic E-state index is 5.86. The zero-order valence-electron chi connectivity index (χ0n) is 26.3. The Morgan fingerprint density at radius 2 is 1.22 bits per heavy atom. The molecule has 0 amide bonds. The Morgan fingerprint density at radius 1 is 0.717 bits per heavy atom. The van der Waals surface area contributed by atoms with E-state index < -0.39 is 0 Å². The molecule has 0 nitrogen and oxygen atoms in total. The molecule has 5 aromatic rings. The molecule has 0 aliphatic heterocycles. The van der Waals surface area contributed by atoms with Crippen LogP contribution in [0, 0.1) is 6.08 Å². The minimum atomic E-state index is 0. The third-order valence-electron chi connectivity index (χ3n) is 8.68. The summed E-state index contributed by atoms with van der Waals surface area (Å²) in [5.41, 5.74) is 14.1. The van der Waals surface area contributed by atoms with Gasteiger partial charge in [-0.05, 0) is 45.9 Å². The predicted octanol–water partition coefficient (Wildman–Crippen LogP) is 5.19. The summed E-state index contributed by atoms with van der Waals surface area (Å²) < 4.78 is 1.31. The van der Waals surface area contributed by atoms with E-state index in [0.29, 0.717) is 0 Å². The normalized spacial score (nSPS) is 14.6. The molecule has 0 unspecified atom stereocenters. The minimum Gasteiger partial charge on any atom is -1.00 e. The van der Waals surface area contributed by atoms with Crippen LogP contribution < -0.4 is 24.8 Å². The average molecular weight is 760 g/mol. The van der Waals surface area contributed by atoms with Crippen molar-refractivity contribution in [3.63, 3.8) is 0 Å². The number of allylic oxidation sites excluding steroid dienone is 2. The summed E-state index contributed by atoms with van der Waals surface area (Å²) in [6.07, 6.45) is 11.4. The molecule has 0 saturated heterocycles. The molecule has 5 aromatic carbocycles. The van der Waals surface area contributed by atoms with E-state index in [2.05, 4.69) is 76.3 Å². The van der Waals surface area contributed by atoms with Crippen LogP contribution in [0.3, 0.4) is 0 Å². The monoisotopic (exact) mass is 756 g/mol. The Hall–Kier alpha value is -2.38. The Balaban J connectivity index is 0.000000183. The summed E-state index contributed by atoms with van der Waals surface area (Å²) in [7, 11) is 0. The van der Waals surface area contributed by atoms with Crippen molar-refractivity contribution in [1.29, 1.82) is 0 Å². The third-order valence-corrected chi connectivity index (χ3v) is 10.6. The first-order chi connectivity index (χ1) is 21.0. The average Bonchev–Trinajstić information content (AvgIpc) is 3.80. The molecule has 0 radical (unpaired) electrons. The van der Waals surface area contributed by atoms with Gasteiger partial charge < -0.3 is 24.8 Å². The van der Waals surface area contributed by atoms with E-state index in [0.717, 1.165) is 16.5 Å². The number of rotatable bonds is 2. The molecule has 0 bridgehead atoms. The van der Waals surface area contributed by atoms with Crippen molar-refractivity contribution in [3.05, 3.63) is 170 Å². The predicted molar refractivity (Wildman–Crippen MR) is 186 cm³/mol. The summed E-state index contributed by atoms with van der Waals surface area (Å²) in [5.74, 6) is 0. The van der Waals surface area contributed by atoms with Gasteiger partial charge in [0.15, 0.2) is 0 Å². The van der Waals surface area contributed by atoms with Crippen LogP contribution in [-0.2, 0) is 41.5 Å². The second-order valence-electron chi connectivity index (χ2n) is 12.7. The van der Waals surface area contributed by atoms with Gasteiger partial charge in [-0.25, -0.2) is 18.2 Å². The first kappa shape index (κ1) is 36.5.